The first-order valence-electron chi connectivity index (χ1n) is 9.84. The molecule has 0 radical (unpaired) electrons. The molecule has 1 saturated heterocycles. The summed E-state index contributed by atoms with van der Waals surface area (Å²) in [5.41, 5.74) is 0.783. The molecule has 9 nitrogen and oxygen atoms in total. The lowest BCUT2D eigenvalue weighted by atomic mass is 10.2. The zero-order chi connectivity index (χ0) is 21.5. The van der Waals surface area contributed by atoms with E-state index >= 15 is 0 Å². The van der Waals surface area contributed by atoms with Crippen molar-refractivity contribution in [3.63, 3.8) is 0 Å². The number of nitrogens with zero attached hydrogens (tertiary/aromatic N) is 5. The smallest absolute Gasteiger partial charge is 0.254 e. The number of aliphatic imine (C=N–C) groups is 1. The molecule has 0 saturated carbocycles. The monoisotopic (exact) mass is 543 g/mol. The van der Waals surface area contributed by atoms with Gasteiger partial charge in [-0.1, -0.05) is 12.1 Å². The van der Waals surface area contributed by atoms with Crippen LogP contribution in [-0.4, -0.2) is 71.7 Å². The molecule has 0 aliphatic carbocycles. The van der Waals surface area contributed by atoms with Crippen molar-refractivity contribution in [3.8, 4) is 0 Å². The average Bonchev–Trinajstić information content (AvgIpc) is 3.16. The van der Waals surface area contributed by atoms with Crippen molar-refractivity contribution in [1.82, 2.24) is 25.3 Å². The summed E-state index contributed by atoms with van der Waals surface area (Å²) >= 11 is 0. The standard InChI is InChI=1S/C20H26FN7O2.HI/c1-3-22-20(24-9-8-23-19(30)16-6-4-5-7-17(16)21)27-10-11-28(18(29)14-27)15-12-25-26(2)13-15;/h4-7,12-13H,3,8-11,14H2,1-2H3,(H,22,24)(H,23,30);1H. The van der Waals surface area contributed by atoms with Gasteiger partial charge in [-0.15, -0.1) is 24.0 Å². The first kappa shape index (κ1) is 24.6. The molecular formula is C20H27FIN7O2. The summed E-state index contributed by atoms with van der Waals surface area (Å²) in [7, 11) is 1.81. The van der Waals surface area contributed by atoms with Crippen molar-refractivity contribution in [1.29, 1.82) is 0 Å². The number of carbonyl (C=O) groups is 2. The fourth-order valence-electron chi connectivity index (χ4n) is 3.17. The predicted octanol–water partition coefficient (Wildman–Crippen LogP) is 1.22. The van der Waals surface area contributed by atoms with Crippen LogP contribution in [0.25, 0.3) is 0 Å². The van der Waals surface area contributed by atoms with Gasteiger partial charge in [-0.2, -0.15) is 5.10 Å². The molecular weight excluding hydrogens is 516 g/mol. The van der Waals surface area contributed by atoms with Crippen molar-refractivity contribution < 1.29 is 14.0 Å². The van der Waals surface area contributed by atoms with Crippen LogP contribution in [0.2, 0.25) is 0 Å². The third kappa shape index (κ3) is 6.39. The van der Waals surface area contributed by atoms with Gasteiger partial charge in [0.15, 0.2) is 5.96 Å². The molecule has 11 heteroatoms. The molecule has 168 valence electrons. The van der Waals surface area contributed by atoms with Crippen LogP contribution in [0, 0.1) is 5.82 Å². The van der Waals surface area contributed by atoms with E-state index in [4.69, 9.17) is 0 Å². The molecule has 1 aliphatic rings. The summed E-state index contributed by atoms with van der Waals surface area (Å²) < 4.78 is 15.3. The Kier molecular flexibility index (Phi) is 9.21. The molecule has 0 bridgehead atoms. The van der Waals surface area contributed by atoms with Gasteiger partial charge >= 0.3 is 0 Å². The maximum atomic E-state index is 13.7. The van der Waals surface area contributed by atoms with E-state index in [-0.39, 0.29) is 48.5 Å². The Bertz CT molecular complexity index is 934. The summed E-state index contributed by atoms with van der Waals surface area (Å²) in [6.07, 6.45) is 3.48. The number of aromatic nitrogens is 2. The average molecular weight is 543 g/mol. The zero-order valence-electron chi connectivity index (χ0n) is 17.5. The topological polar surface area (TPSA) is 94.9 Å². The van der Waals surface area contributed by atoms with Crippen molar-refractivity contribution in [2.45, 2.75) is 6.92 Å². The van der Waals surface area contributed by atoms with Crippen LogP contribution in [-0.2, 0) is 11.8 Å². The number of guanidine groups is 1. The van der Waals surface area contributed by atoms with Gasteiger partial charge in [0, 0.05) is 39.4 Å². The van der Waals surface area contributed by atoms with Crippen LogP contribution < -0.4 is 15.5 Å². The molecule has 2 amide bonds. The number of carbonyl (C=O) groups excluding carboxylic acids is 2. The van der Waals surface area contributed by atoms with Crippen LogP contribution in [0.15, 0.2) is 41.7 Å². The lowest BCUT2D eigenvalue weighted by molar-refractivity contribution is -0.120. The first-order chi connectivity index (χ1) is 14.5. The molecule has 1 fully saturated rings. The number of aryl methyl sites for hydroxylation is 1. The molecule has 0 atom stereocenters. The quantitative estimate of drug-likeness (QED) is 0.248. The Morgan fingerprint density at radius 1 is 1.26 bits per heavy atom. The number of benzene rings is 1. The summed E-state index contributed by atoms with van der Waals surface area (Å²) in [5, 5.41) is 9.96. The number of rotatable bonds is 6. The van der Waals surface area contributed by atoms with Crippen molar-refractivity contribution >= 4 is 47.4 Å². The Morgan fingerprint density at radius 3 is 2.68 bits per heavy atom. The van der Waals surface area contributed by atoms with Gasteiger partial charge < -0.3 is 20.4 Å². The van der Waals surface area contributed by atoms with Crippen LogP contribution in [0.1, 0.15) is 17.3 Å². The van der Waals surface area contributed by atoms with E-state index in [9.17, 15) is 14.0 Å². The number of anilines is 1. The largest absolute Gasteiger partial charge is 0.357 e. The Balaban J connectivity index is 0.00000341. The molecule has 3 rings (SSSR count). The number of halogens is 2. The Morgan fingerprint density at radius 2 is 2.03 bits per heavy atom. The maximum absolute atomic E-state index is 13.7. The number of nitrogens with one attached hydrogen (secondary N) is 2. The van der Waals surface area contributed by atoms with E-state index in [1.54, 1.807) is 21.8 Å². The number of hydrogen-bond donors (Lipinski definition) is 2. The highest BCUT2D eigenvalue weighted by atomic mass is 127. The van der Waals surface area contributed by atoms with Gasteiger partial charge in [0.25, 0.3) is 5.91 Å². The summed E-state index contributed by atoms with van der Waals surface area (Å²) in [5.74, 6) is -0.463. The summed E-state index contributed by atoms with van der Waals surface area (Å²) in [6.45, 7) is 4.50. The maximum Gasteiger partial charge on any atom is 0.254 e. The second-order valence-corrected chi connectivity index (χ2v) is 6.81. The van der Waals surface area contributed by atoms with Gasteiger partial charge in [-0.25, -0.2) is 4.39 Å². The van der Waals surface area contributed by atoms with Gasteiger partial charge in [0.1, 0.15) is 12.4 Å². The minimum absolute atomic E-state index is 0. The Labute approximate surface area is 197 Å². The SMILES string of the molecule is CCNC(=NCCNC(=O)c1ccccc1F)N1CCN(c2cnn(C)c2)C(=O)C1.I. The lowest BCUT2D eigenvalue weighted by Crippen LogP contribution is -2.55. The summed E-state index contributed by atoms with van der Waals surface area (Å²) in [6, 6.07) is 5.83. The van der Waals surface area contributed by atoms with Crippen molar-refractivity contribution in [3.05, 3.63) is 48.0 Å². The first-order valence-corrected chi connectivity index (χ1v) is 9.84. The van der Waals surface area contributed by atoms with E-state index in [2.05, 4.69) is 20.7 Å². The fourth-order valence-corrected chi connectivity index (χ4v) is 3.17. The summed E-state index contributed by atoms with van der Waals surface area (Å²) in [4.78, 5) is 32.8. The third-order valence-corrected chi connectivity index (χ3v) is 4.64. The number of hydrogen-bond acceptors (Lipinski definition) is 4. The van der Waals surface area contributed by atoms with E-state index < -0.39 is 11.7 Å². The zero-order valence-corrected chi connectivity index (χ0v) is 19.9. The normalized spacial score (nSPS) is 14.3. The van der Waals surface area contributed by atoms with Gasteiger partial charge in [-0.3, -0.25) is 19.3 Å². The van der Waals surface area contributed by atoms with Gasteiger partial charge in [0.2, 0.25) is 5.91 Å². The van der Waals surface area contributed by atoms with E-state index in [0.717, 1.165) is 5.69 Å². The van der Waals surface area contributed by atoms with Crippen LogP contribution in [0.3, 0.4) is 0 Å². The van der Waals surface area contributed by atoms with Crippen molar-refractivity contribution in [2.24, 2.45) is 12.0 Å². The highest BCUT2D eigenvalue weighted by Crippen LogP contribution is 2.16. The molecule has 1 aromatic carbocycles. The third-order valence-electron chi connectivity index (χ3n) is 4.64. The highest BCUT2D eigenvalue weighted by molar-refractivity contribution is 14.0. The minimum atomic E-state index is -0.558. The van der Waals surface area contributed by atoms with E-state index in [1.807, 2.05) is 25.1 Å². The molecule has 2 heterocycles. The molecule has 0 spiro atoms. The molecule has 1 aliphatic heterocycles. The van der Waals surface area contributed by atoms with E-state index in [1.165, 1.54) is 18.2 Å². The molecule has 0 unspecified atom stereocenters. The molecule has 1 aromatic heterocycles. The lowest BCUT2D eigenvalue weighted by Gasteiger charge is -2.35. The fraction of sp³-hybridized carbons (Fsp3) is 0.400. The van der Waals surface area contributed by atoms with Crippen LogP contribution in [0.5, 0.6) is 0 Å². The molecule has 2 aromatic rings. The molecule has 2 N–H and O–H groups in total. The van der Waals surface area contributed by atoms with Gasteiger partial charge in [-0.05, 0) is 19.1 Å². The van der Waals surface area contributed by atoms with E-state index in [0.29, 0.717) is 32.1 Å². The van der Waals surface area contributed by atoms with Crippen LogP contribution in [0.4, 0.5) is 10.1 Å². The highest BCUT2D eigenvalue weighted by Gasteiger charge is 2.27. The second kappa shape index (κ2) is 11.6. The second-order valence-electron chi connectivity index (χ2n) is 6.81. The van der Waals surface area contributed by atoms with Crippen LogP contribution >= 0.6 is 24.0 Å². The Hall–Kier alpha value is -2.70. The molecule has 31 heavy (non-hydrogen) atoms. The number of amides is 2. The predicted molar refractivity (Wildman–Crippen MR) is 127 cm³/mol. The number of piperazine rings is 1. The van der Waals surface area contributed by atoms with Crippen molar-refractivity contribution in [2.75, 3.05) is 44.2 Å². The van der Waals surface area contributed by atoms with Gasteiger partial charge in [0.05, 0.1) is 24.0 Å². The minimum Gasteiger partial charge on any atom is -0.357 e.